The summed E-state index contributed by atoms with van der Waals surface area (Å²) >= 11 is 0. The summed E-state index contributed by atoms with van der Waals surface area (Å²) in [5, 5.41) is 4.99. The Hall–Kier alpha value is -3.22. The number of carbonyl (C=O) groups is 3. The number of benzene rings is 2. The van der Waals surface area contributed by atoms with Crippen molar-refractivity contribution in [1.82, 2.24) is 0 Å². The van der Waals surface area contributed by atoms with Gasteiger partial charge in [-0.25, -0.2) is 4.39 Å². The number of halogens is 1. The van der Waals surface area contributed by atoms with Gasteiger partial charge in [0.25, 0.3) is 0 Å². The maximum absolute atomic E-state index is 13.9. The third kappa shape index (κ3) is 4.89. The third-order valence-electron chi connectivity index (χ3n) is 3.60. The highest BCUT2D eigenvalue weighted by atomic mass is 19.1. The SMILES string of the molecule is COc1ccc(C(C)=O)cc1CC(=O)Nc1cc(NC(C)=O)ccc1F. The first kappa shape index (κ1) is 19.1. The Bertz CT molecular complexity index is 865. The van der Waals surface area contributed by atoms with E-state index in [1.807, 2.05) is 0 Å². The van der Waals surface area contributed by atoms with Crippen molar-refractivity contribution in [2.75, 3.05) is 17.7 Å². The number of hydrogen-bond acceptors (Lipinski definition) is 4. The number of ether oxygens (including phenoxy) is 1. The van der Waals surface area contributed by atoms with Crippen LogP contribution in [-0.4, -0.2) is 24.7 Å². The lowest BCUT2D eigenvalue weighted by molar-refractivity contribution is -0.116. The van der Waals surface area contributed by atoms with Gasteiger partial charge < -0.3 is 15.4 Å². The second-order valence-corrected chi connectivity index (χ2v) is 5.68. The predicted molar refractivity (Wildman–Crippen MR) is 96.0 cm³/mol. The average Bonchev–Trinajstić information content (AvgIpc) is 2.57. The Morgan fingerprint density at radius 1 is 1.04 bits per heavy atom. The average molecular weight is 358 g/mol. The molecule has 2 N–H and O–H groups in total. The van der Waals surface area contributed by atoms with E-state index in [2.05, 4.69) is 10.6 Å². The molecule has 7 heteroatoms. The summed E-state index contributed by atoms with van der Waals surface area (Å²) in [6, 6.07) is 8.67. The van der Waals surface area contributed by atoms with Gasteiger partial charge in [0.05, 0.1) is 19.2 Å². The summed E-state index contributed by atoms with van der Waals surface area (Å²) < 4.78 is 19.1. The molecular weight excluding hydrogens is 339 g/mol. The Morgan fingerprint density at radius 2 is 1.77 bits per heavy atom. The van der Waals surface area contributed by atoms with Crippen molar-refractivity contribution < 1.29 is 23.5 Å². The molecule has 0 unspecified atom stereocenters. The molecule has 0 heterocycles. The van der Waals surface area contributed by atoms with Crippen LogP contribution >= 0.6 is 0 Å². The van der Waals surface area contributed by atoms with Gasteiger partial charge in [-0.2, -0.15) is 0 Å². The van der Waals surface area contributed by atoms with Crippen molar-refractivity contribution in [2.24, 2.45) is 0 Å². The molecule has 0 aromatic heterocycles. The molecule has 0 saturated carbocycles. The van der Waals surface area contributed by atoms with Gasteiger partial charge in [0.1, 0.15) is 11.6 Å². The van der Waals surface area contributed by atoms with Crippen molar-refractivity contribution in [2.45, 2.75) is 20.3 Å². The van der Waals surface area contributed by atoms with Gasteiger partial charge in [0.2, 0.25) is 11.8 Å². The second-order valence-electron chi connectivity index (χ2n) is 5.68. The molecule has 0 spiro atoms. The lowest BCUT2D eigenvalue weighted by atomic mass is 10.0. The lowest BCUT2D eigenvalue weighted by Crippen LogP contribution is -2.16. The quantitative estimate of drug-likeness (QED) is 0.777. The fraction of sp³-hybridized carbons (Fsp3) is 0.211. The first-order valence-corrected chi connectivity index (χ1v) is 7.85. The highest BCUT2D eigenvalue weighted by molar-refractivity contribution is 5.97. The molecule has 2 rings (SSSR count). The largest absolute Gasteiger partial charge is 0.496 e. The number of methoxy groups -OCH3 is 1. The number of hydrogen-bond donors (Lipinski definition) is 2. The van der Waals surface area contributed by atoms with E-state index in [1.54, 1.807) is 18.2 Å². The molecule has 2 aromatic rings. The number of anilines is 2. The molecule has 2 amide bonds. The van der Waals surface area contributed by atoms with E-state index in [4.69, 9.17) is 4.74 Å². The smallest absolute Gasteiger partial charge is 0.229 e. The molecule has 0 radical (unpaired) electrons. The Balaban J connectivity index is 2.20. The summed E-state index contributed by atoms with van der Waals surface area (Å²) in [6.45, 7) is 2.75. The van der Waals surface area contributed by atoms with Crippen LogP contribution in [0, 0.1) is 5.82 Å². The molecule has 6 nitrogen and oxygen atoms in total. The van der Waals surface area contributed by atoms with Crippen molar-refractivity contribution >= 4 is 29.0 Å². The standard InChI is InChI=1S/C19H19FN2O4/c1-11(23)13-4-7-18(26-3)14(8-13)9-19(25)22-17-10-15(21-12(2)24)5-6-16(17)20/h4-8,10H,9H2,1-3H3,(H,21,24)(H,22,25). The van der Waals surface area contributed by atoms with E-state index in [0.29, 0.717) is 22.6 Å². The molecule has 136 valence electrons. The number of rotatable bonds is 6. The van der Waals surface area contributed by atoms with Crippen LogP contribution in [0.1, 0.15) is 29.8 Å². The van der Waals surface area contributed by atoms with E-state index in [0.717, 1.165) is 6.07 Å². The van der Waals surface area contributed by atoms with Crippen LogP contribution in [0.4, 0.5) is 15.8 Å². The van der Waals surface area contributed by atoms with E-state index in [9.17, 15) is 18.8 Å². The summed E-state index contributed by atoms with van der Waals surface area (Å²) in [5.41, 5.74) is 1.27. The number of ketones is 1. The van der Waals surface area contributed by atoms with Crippen LogP contribution in [0.2, 0.25) is 0 Å². The topological polar surface area (TPSA) is 84.5 Å². The molecular formula is C19H19FN2O4. The van der Waals surface area contributed by atoms with Crippen LogP contribution in [0.3, 0.4) is 0 Å². The molecule has 2 aromatic carbocycles. The van der Waals surface area contributed by atoms with E-state index >= 15 is 0 Å². The minimum Gasteiger partial charge on any atom is -0.496 e. The minimum absolute atomic E-state index is 0.0528. The highest BCUT2D eigenvalue weighted by Crippen LogP contribution is 2.23. The van der Waals surface area contributed by atoms with E-state index < -0.39 is 11.7 Å². The first-order valence-electron chi connectivity index (χ1n) is 7.85. The van der Waals surface area contributed by atoms with Crippen molar-refractivity contribution in [3.05, 3.63) is 53.3 Å². The van der Waals surface area contributed by atoms with Gasteiger partial charge in [0.15, 0.2) is 5.78 Å². The number of amides is 2. The summed E-state index contributed by atoms with van der Waals surface area (Å²) in [7, 11) is 1.46. The number of carbonyl (C=O) groups excluding carboxylic acids is 3. The van der Waals surface area contributed by atoms with E-state index in [-0.39, 0.29) is 23.8 Å². The Morgan fingerprint density at radius 3 is 2.38 bits per heavy atom. The fourth-order valence-electron chi connectivity index (χ4n) is 2.41. The van der Waals surface area contributed by atoms with Gasteiger partial charge in [-0.05, 0) is 43.3 Å². The second kappa shape index (κ2) is 8.24. The molecule has 0 aliphatic heterocycles. The van der Waals surface area contributed by atoms with Crippen molar-refractivity contribution in [1.29, 1.82) is 0 Å². The lowest BCUT2D eigenvalue weighted by Gasteiger charge is -2.12. The van der Waals surface area contributed by atoms with Crippen molar-refractivity contribution in [3.8, 4) is 5.75 Å². The van der Waals surface area contributed by atoms with Gasteiger partial charge in [0, 0.05) is 23.7 Å². The third-order valence-corrected chi connectivity index (χ3v) is 3.60. The molecule has 0 aliphatic carbocycles. The maximum atomic E-state index is 13.9. The number of Topliss-reactive ketones (excluding diaryl/α,β-unsaturated/α-hetero) is 1. The van der Waals surface area contributed by atoms with Crippen LogP contribution in [-0.2, 0) is 16.0 Å². The van der Waals surface area contributed by atoms with Crippen LogP contribution in [0.15, 0.2) is 36.4 Å². The normalized spacial score (nSPS) is 10.2. The van der Waals surface area contributed by atoms with Gasteiger partial charge in [-0.3, -0.25) is 14.4 Å². The van der Waals surface area contributed by atoms with Gasteiger partial charge in [-0.15, -0.1) is 0 Å². The first-order chi connectivity index (χ1) is 12.3. The molecule has 0 saturated heterocycles. The molecule has 0 atom stereocenters. The van der Waals surface area contributed by atoms with E-state index in [1.165, 1.54) is 33.1 Å². The van der Waals surface area contributed by atoms with Crippen LogP contribution in [0.25, 0.3) is 0 Å². The summed E-state index contributed by atoms with van der Waals surface area (Å²) in [4.78, 5) is 34.9. The molecule has 0 bridgehead atoms. The minimum atomic E-state index is -0.628. The fourth-order valence-corrected chi connectivity index (χ4v) is 2.41. The Kier molecular flexibility index (Phi) is 6.06. The van der Waals surface area contributed by atoms with Crippen molar-refractivity contribution in [3.63, 3.8) is 0 Å². The van der Waals surface area contributed by atoms with Crippen LogP contribution in [0.5, 0.6) is 5.75 Å². The predicted octanol–water partition coefficient (Wildman–Crippen LogP) is 3.18. The highest BCUT2D eigenvalue weighted by Gasteiger charge is 2.14. The monoisotopic (exact) mass is 358 g/mol. The van der Waals surface area contributed by atoms with Crippen LogP contribution < -0.4 is 15.4 Å². The maximum Gasteiger partial charge on any atom is 0.229 e. The zero-order valence-electron chi connectivity index (χ0n) is 14.7. The zero-order chi connectivity index (χ0) is 19.3. The molecule has 26 heavy (non-hydrogen) atoms. The zero-order valence-corrected chi connectivity index (χ0v) is 14.7. The number of nitrogens with one attached hydrogen (secondary N) is 2. The summed E-state index contributed by atoms with van der Waals surface area (Å²) in [5.74, 6) is -1.10. The summed E-state index contributed by atoms with van der Waals surface area (Å²) in [6.07, 6.45) is -0.103. The van der Waals surface area contributed by atoms with Gasteiger partial charge >= 0.3 is 0 Å². The molecule has 0 aliphatic rings. The Labute approximate surface area is 150 Å². The van der Waals surface area contributed by atoms with Gasteiger partial charge in [-0.1, -0.05) is 0 Å². The molecule has 0 fully saturated rings.